The lowest BCUT2D eigenvalue weighted by atomic mass is 10.1. The number of nitriles is 1. The molecule has 12 nitrogen and oxygen atoms in total. The van der Waals surface area contributed by atoms with Gasteiger partial charge in [-0.1, -0.05) is 24.0 Å². The van der Waals surface area contributed by atoms with Gasteiger partial charge >= 0.3 is 23.7 Å². The SMILES string of the molecule is CCOC(C)C#Cc1c(C)n(-c2cccc(C(F)(F)F)c2)c(=O)n(C)c1=O.Cc1c(-c2ccnn2-c2ccc(C#N)cc2)c(=O)n(C)c(=O)n1-c1cccc(C(F)(F)F)c1. The Hall–Kier alpha value is -7.18. The zero-order valence-corrected chi connectivity index (χ0v) is 32.8. The van der Waals surface area contributed by atoms with Crippen molar-refractivity contribution in [2.75, 3.05) is 6.61 Å². The number of benzene rings is 3. The molecule has 0 aliphatic carbocycles. The van der Waals surface area contributed by atoms with Crippen LogP contribution in [0.2, 0.25) is 0 Å². The molecule has 0 aliphatic rings. The first-order valence-corrected chi connectivity index (χ1v) is 17.9. The number of alkyl halides is 6. The highest BCUT2D eigenvalue weighted by atomic mass is 19.4. The molecule has 0 amide bonds. The van der Waals surface area contributed by atoms with Crippen LogP contribution in [0.15, 0.2) is 104 Å². The van der Waals surface area contributed by atoms with Crippen molar-refractivity contribution >= 4 is 0 Å². The molecule has 60 heavy (non-hydrogen) atoms. The van der Waals surface area contributed by atoms with E-state index in [0.717, 1.165) is 42.5 Å². The molecule has 0 spiro atoms. The maximum Gasteiger partial charge on any atom is 0.416 e. The maximum absolute atomic E-state index is 13.3. The zero-order chi connectivity index (χ0) is 44.3. The minimum Gasteiger partial charge on any atom is -0.366 e. The van der Waals surface area contributed by atoms with Crippen LogP contribution >= 0.6 is 0 Å². The van der Waals surface area contributed by atoms with Crippen molar-refractivity contribution in [3.8, 4) is 46.2 Å². The molecule has 3 heterocycles. The third kappa shape index (κ3) is 8.93. The summed E-state index contributed by atoms with van der Waals surface area (Å²) in [6, 6.07) is 18.8. The molecule has 0 saturated carbocycles. The highest BCUT2D eigenvalue weighted by Crippen LogP contribution is 2.32. The smallest absolute Gasteiger partial charge is 0.366 e. The molecular weight excluding hydrogens is 796 g/mol. The first-order chi connectivity index (χ1) is 28.2. The molecule has 0 bridgehead atoms. The molecule has 0 aliphatic heterocycles. The van der Waals surface area contributed by atoms with Crippen molar-refractivity contribution in [3.05, 3.63) is 160 Å². The Bertz CT molecular complexity index is 2940. The average molecular weight is 832 g/mol. The molecule has 0 radical (unpaired) electrons. The summed E-state index contributed by atoms with van der Waals surface area (Å²) < 4.78 is 89.3. The molecule has 6 rings (SSSR count). The van der Waals surface area contributed by atoms with Crippen molar-refractivity contribution in [3.63, 3.8) is 0 Å². The minimum atomic E-state index is -4.59. The second-order valence-corrected chi connectivity index (χ2v) is 13.1. The van der Waals surface area contributed by atoms with Gasteiger partial charge < -0.3 is 4.74 Å². The molecule has 3 aromatic heterocycles. The fourth-order valence-electron chi connectivity index (χ4n) is 6.16. The van der Waals surface area contributed by atoms with E-state index < -0.39 is 52.1 Å². The van der Waals surface area contributed by atoms with Crippen molar-refractivity contribution in [1.82, 2.24) is 28.0 Å². The van der Waals surface area contributed by atoms with E-state index in [4.69, 9.17) is 10.00 Å². The number of aromatic nitrogens is 6. The van der Waals surface area contributed by atoms with Gasteiger partial charge in [-0.05, 0) is 94.4 Å². The summed E-state index contributed by atoms with van der Waals surface area (Å²) in [5.74, 6) is 5.46. The topological polar surface area (TPSA) is 139 Å². The van der Waals surface area contributed by atoms with Gasteiger partial charge in [-0.25, -0.2) is 14.3 Å². The number of hydrogen-bond donors (Lipinski definition) is 0. The van der Waals surface area contributed by atoms with E-state index in [2.05, 4.69) is 16.9 Å². The predicted octanol–water partition coefficient (Wildman–Crippen LogP) is 6.23. The number of hydrogen-bond acceptors (Lipinski definition) is 7. The highest BCUT2D eigenvalue weighted by Gasteiger charge is 2.32. The van der Waals surface area contributed by atoms with Gasteiger partial charge in [0.15, 0.2) is 0 Å². The Kier molecular flexibility index (Phi) is 12.7. The standard InChI is InChI=1S/C23H16F3N5O2.C19H19F3N2O3/c1-14-20(19-10-11-28-31(19)17-8-6-15(13-27)7-9-17)21(32)29(2)22(33)30(14)18-5-3-4-16(12-18)23(24,25)26;1-5-27-12(2)9-10-16-13(3)24(18(26)23(4)17(16)25)15-8-6-7-14(11-15)19(20,21)22/h3-12H,1-2H3;6-8,11-12H,5H2,1-4H3. The second kappa shape index (κ2) is 17.4. The summed E-state index contributed by atoms with van der Waals surface area (Å²) in [4.78, 5) is 51.0. The summed E-state index contributed by atoms with van der Waals surface area (Å²) in [5.41, 5.74) is -2.75. The van der Waals surface area contributed by atoms with Crippen LogP contribution in [-0.2, 0) is 31.2 Å². The third-order valence-corrected chi connectivity index (χ3v) is 9.21. The molecular formula is C42H35F6N7O5. The minimum absolute atomic E-state index is 0.00355. The summed E-state index contributed by atoms with van der Waals surface area (Å²) in [5, 5.41) is 13.3. The van der Waals surface area contributed by atoms with Gasteiger partial charge in [-0.2, -0.15) is 36.7 Å². The molecule has 310 valence electrons. The molecule has 0 N–H and O–H groups in total. The van der Waals surface area contributed by atoms with Crippen molar-refractivity contribution < 1.29 is 31.1 Å². The summed E-state index contributed by atoms with van der Waals surface area (Å²) in [6.07, 6.45) is -8.12. The van der Waals surface area contributed by atoms with Crippen molar-refractivity contribution in [1.29, 1.82) is 5.26 Å². The van der Waals surface area contributed by atoms with E-state index in [1.54, 1.807) is 44.2 Å². The number of halogens is 6. The van der Waals surface area contributed by atoms with Crippen molar-refractivity contribution in [2.24, 2.45) is 14.1 Å². The van der Waals surface area contributed by atoms with Crippen LogP contribution in [0.4, 0.5) is 26.3 Å². The van der Waals surface area contributed by atoms with Crippen LogP contribution in [0.25, 0.3) is 28.3 Å². The van der Waals surface area contributed by atoms with Crippen LogP contribution in [-0.4, -0.2) is 40.8 Å². The fraction of sp³-hybridized carbons (Fsp3) is 0.238. The normalized spacial score (nSPS) is 11.8. The second-order valence-electron chi connectivity index (χ2n) is 13.1. The van der Waals surface area contributed by atoms with E-state index in [0.29, 0.717) is 23.6 Å². The summed E-state index contributed by atoms with van der Waals surface area (Å²) >= 11 is 0. The quantitative estimate of drug-likeness (QED) is 0.143. The van der Waals surface area contributed by atoms with E-state index in [1.165, 1.54) is 63.1 Å². The van der Waals surface area contributed by atoms with Gasteiger partial charge in [0, 0.05) is 32.1 Å². The van der Waals surface area contributed by atoms with Crippen molar-refractivity contribution in [2.45, 2.75) is 46.2 Å². The molecule has 18 heteroatoms. The first kappa shape index (κ1) is 43.9. The molecule has 0 fully saturated rings. The van der Waals surface area contributed by atoms with E-state index in [9.17, 15) is 45.5 Å². The van der Waals surface area contributed by atoms with Crippen LogP contribution in [0.1, 0.15) is 47.5 Å². The summed E-state index contributed by atoms with van der Waals surface area (Å²) in [6.45, 7) is 6.92. The Morgan fingerprint density at radius 3 is 1.75 bits per heavy atom. The number of rotatable bonds is 6. The Balaban J connectivity index is 0.000000233. The summed E-state index contributed by atoms with van der Waals surface area (Å²) in [7, 11) is 2.52. The molecule has 1 unspecified atom stereocenters. The zero-order valence-electron chi connectivity index (χ0n) is 32.8. The lowest BCUT2D eigenvalue weighted by Gasteiger charge is -2.17. The fourth-order valence-corrected chi connectivity index (χ4v) is 6.16. The first-order valence-electron chi connectivity index (χ1n) is 17.9. The van der Waals surface area contributed by atoms with Gasteiger partial charge in [-0.3, -0.25) is 27.9 Å². The van der Waals surface area contributed by atoms with Gasteiger partial charge in [0.2, 0.25) is 0 Å². The monoisotopic (exact) mass is 831 g/mol. The highest BCUT2D eigenvalue weighted by molar-refractivity contribution is 5.64. The lowest BCUT2D eigenvalue weighted by Crippen LogP contribution is -2.40. The molecule has 6 aromatic rings. The Labute approximate surface area is 337 Å². The number of nitrogens with zero attached hydrogens (tertiary/aromatic N) is 7. The van der Waals surface area contributed by atoms with E-state index >= 15 is 0 Å². The Morgan fingerprint density at radius 1 is 0.733 bits per heavy atom. The molecule has 0 saturated heterocycles. The molecule has 1 atom stereocenters. The molecule has 3 aromatic carbocycles. The van der Waals surface area contributed by atoms with Gasteiger partial charge in [0.05, 0.1) is 57.3 Å². The third-order valence-electron chi connectivity index (χ3n) is 9.21. The maximum atomic E-state index is 13.3. The van der Waals surface area contributed by atoms with Gasteiger partial charge in [0.1, 0.15) is 11.7 Å². The Morgan fingerprint density at radius 2 is 1.25 bits per heavy atom. The van der Waals surface area contributed by atoms with E-state index in [-0.39, 0.29) is 33.9 Å². The van der Waals surface area contributed by atoms with Crippen LogP contribution < -0.4 is 22.5 Å². The van der Waals surface area contributed by atoms with Crippen LogP contribution in [0.5, 0.6) is 0 Å². The lowest BCUT2D eigenvalue weighted by molar-refractivity contribution is -0.138. The number of ether oxygens (including phenoxy) is 1. The van der Waals surface area contributed by atoms with Gasteiger partial charge in [-0.15, -0.1) is 0 Å². The van der Waals surface area contributed by atoms with E-state index in [1.807, 2.05) is 6.07 Å². The van der Waals surface area contributed by atoms with Crippen LogP contribution in [0.3, 0.4) is 0 Å². The average Bonchev–Trinajstić information content (AvgIpc) is 3.69. The van der Waals surface area contributed by atoms with Crippen LogP contribution in [0, 0.1) is 37.0 Å². The largest absolute Gasteiger partial charge is 0.416 e. The van der Waals surface area contributed by atoms with Gasteiger partial charge in [0.25, 0.3) is 11.1 Å². The predicted molar refractivity (Wildman–Crippen MR) is 209 cm³/mol.